The van der Waals surface area contributed by atoms with Crippen LogP contribution in [0.25, 0.3) is 0 Å². The molecule has 0 radical (unpaired) electrons. The lowest BCUT2D eigenvalue weighted by Crippen LogP contribution is -2.32. The van der Waals surface area contributed by atoms with Crippen molar-refractivity contribution in [2.24, 2.45) is 0 Å². The summed E-state index contributed by atoms with van der Waals surface area (Å²) in [4.78, 5) is 22.6. The number of aliphatic hydroxyl groups excluding tert-OH is 1. The first-order valence-corrected chi connectivity index (χ1v) is 9.52. The molecule has 1 aliphatic heterocycles. The predicted octanol–water partition coefficient (Wildman–Crippen LogP) is 2.92. The number of carbonyl (C=O) groups excluding carboxylic acids is 1. The van der Waals surface area contributed by atoms with Crippen molar-refractivity contribution < 1.29 is 9.90 Å². The number of carbonyl (C=O) groups is 1. The molecule has 2 heterocycles. The Morgan fingerprint density at radius 1 is 1.30 bits per heavy atom. The van der Waals surface area contributed by atoms with E-state index in [-0.39, 0.29) is 18.6 Å². The van der Waals surface area contributed by atoms with Crippen LogP contribution in [-0.2, 0) is 4.79 Å². The highest BCUT2D eigenvalue weighted by Gasteiger charge is 2.25. The van der Waals surface area contributed by atoms with E-state index in [9.17, 15) is 9.90 Å². The molecule has 7 nitrogen and oxygen atoms in total. The molecule has 144 valence electrons. The molecule has 1 saturated heterocycles. The number of benzene rings is 1. The summed E-state index contributed by atoms with van der Waals surface area (Å²) in [7, 11) is 0. The molecule has 3 N–H and O–H groups in total. The Morgan fingerprint density at radius 2 is 2.11 bits per heavy atom. The highest BCUT2D eigenvalue weighted by molar-refractivity contribution is 6.30. The molecule has 0 aliphatic carbocycles. The van der Waals surface area contributed by atoms with E-state index in [0.717, 1.165) is 36.7 Å². The third-order valence-electron chi connectivity index (χ3n) is 4.55. The van der Waals surface area contributed by atoms with Crippen molar-refractivity contribution in [1.29, 1.82) is 0 Å². The van der Waals surface area contributed by atoms with Gasteiger partial charge in [0.25, 0.3) is 0 Å². The van der Waals surface area contributed by atoms with Crippen molar-refractivity contribution in [3.63, 3.8) is 0 Å². The standard InChI is InChI=1S/C19H24ClN5O2/c20-14-5-7-15(8-6-14)24-19(27)4-1-9-21-17-11-18(23-13-22-17)25-10-2-3-16(25)12-26/h5-8,11,13,16,26H,1-4,9-10,12H2,(H,24,27)(H,21,22,23). The summed E-state index contributed by atoms with van der Waals surface area (Å²) in [5.41, 5.74) is 0.738. The molecular formula is C19H24ClN5O2. The number of nitrogens with zero attached hydrogens (tertiary/aromatic N) is 3. The summed E-state index contributed by atoms with van der Waals surface area (Å²) in [6, 6.07) is 9.06. The van der Waals surface area contributed by atoms with Gasteiger partial charge in [0, 0.05) is 36.3 Å². The molecule has 0 bridgehead atoms. The van der Waals surface area contributed by atoms with Crippen LogP contribution < -0.4 is 15.5 Å². The molecule has 1 fully saturated rings. The van der Waals surface area contributed by atoms with Crippen LogP contribution in [0, 0.1) is 0 Å². The number of amides is 1. The fraction of sp³-hybridized carbons (Fsp3) is 0.421. The summed E-state index contributed by atoms with van der Waals surface area (Å²) in [5.74, 6) is 1.51. The lowest BCUT2D eigenvalue weighted by Gasteiger charge is -2.24. The molecule has 0 saturated carbocycles. The number of halogens is 1. The zero-order chi connectivity index (χ0) is 19.1. The van der Waals surface area contributed by atoms with Gasteiger partial charge in [-0.2, -0.15) is 0 Å². The lowest BCUT2D eigenvalue weighted by atomic mass is 10.2. The van der Waals surface area contributed by atoms with Crippen molar-refractivity contribution in [3.05, 3.63) is 41.7 Å². The summed E-state index contributed by atoms with van der Waals surface area (Å²) >= 11 is 5.83. The summed E-state index contributed by atoms with van der Waals surface area (Å²) < 4.78 is 0. The van der Waals surface area contributed by atoms with E-state index in [1.54, 1.807) is 24.3 Å². The van der Waals surface area contributed by atoms with Crippen molar-refractivity contribution in [2.75, 3.05) is 35.2 Å². The minimum atomic E-state index is -0.0367. The van der Waals surface area contributed by atoms with Gasteiger partial charge in [0.05, 0.1) is 12.6 Å². The number of nitrogens with one attached hydrogen (secondary N) is 2. The van der Waals surface area contributed by atoms with Crippen LogP contribution in [0.2, 0.25) is 5.02 Å². The number of rotatable bonds is 8. The molecule has 1 aliphatic rings. The van der Waals surface area contributed by atoms with Crippen LogP contribution >= 0.6 is 11.6 Å². The second kappa shape index (κ2) is 9.53. The molecule has 1 aromatic carbocycles. The van der Waals surface area contributed by atoms with Gasteiger partial charge >= 0.3 is 0 Å². The first kappa shape index (κ1) is 19.4. The van der Waals surface area contributed by atoms with E-state index in [1.165, 1.54) is 6.33 Å². The summed E-state index contributed by atoms with van der Waals surface area (Å²) in [6.07, 6.45) is 4.65. The first-order valence-electron chi connectivity index (χ1n) is 9.14. The lowest BCUT2D eigenvalue weighted by molar-refractivity contribution is -0.116. The number of aromatic nitrogens is 2. The second-order valence-electron chi connectivity index (χ2n) is 6.52. The van der Waals surface area contributed by atoms with Crippen LogP contribution in [0.1, 0.15) is 25.7 Å². The van der Waals surface area contributed by atoms with E-state index >= 15 is 0 Å². The quantitative estimate of drug-likeness (QED) is 0.601. The van der Waals surface area contributed by atoms with Gasteiger partial charge < -0.3 is 20.6 Å². The van der Waals surface area contributed by atoms with Crippen molar-refractivity contribution >= 4 is 34.8 Å². The van der Waals surface area contributed by atoms with Crippen LogP contribution in [0.3, 0.4) is 0 Å². The van der Waals surface area contributed by atoms with Gasteiger partial charge in [-0.3, -0.25) is 4.79 Å². The fourth-order valence-corrected chi connectivity index (χ4v) is 3.28. The minimum Gasteiger partial charge on any atom is -0.394 e. The molecule has 2 aromatic rings. The Balaban J connectivity index is 1.43. The van der Waals surface area contributed by atoms with Gasteiger partial charge in [0.1, 0.15) is 18.0 Å². The number of hydrogen-bond acceptors (Lipinski definition) is 6. The monoisotopic (exact) mass is 389 g/mol. The third kappa shape index (κ3) is 5.55. The Labute approximate surface area is 163 Å². The minimum absolute atomic E-state index is 0.0367. The van der Waals surface area contributed by atoms with Gasteiger partial charge in [-0.05, 0) is 43.5 Å². The average Bonchev–Trinajstić information content (AvgIpc) is 3.16. The maximum absolute atomic E-state index is 12.0. The number of hydrogen-bond donors (Lipinski definition) is 3. The maximum Gasteiger partial charge on any atom is 0.224 e. The van der Waals surface area contributed by atoms with Gasteiger partial charge in [-0.15, -0.1) is 0 Å². The number of aliphatic hydroxyl groups is 1. The third-order valence-corrected chi connectivity index (χ3v) is 4.80. The Bertz CT molecular complexity index is 756. The predicted molar refractivity (Wildman–Crippen MR) is 107 cm³/mol. The van der Waals surface area contributed by atoms with Crippen LogP contribution in [0.4, 0.5) is 17.3 Å². The molecule has 3 rings (SSSR count). The molecular weight excluding hydrogens is 366 g/mol. The highest BCUT2D eigenvalue weighted by Crippen LogP contribution is 2.24. The smallest absolute Gasteiger partial charge is 0.224 e. The van der Waals surface area contributed by atoms with E-state index in [4.69, 9.17) is 11.6 Å². The Hall–Kier alpha value is -2.38. The average molecular weight is 390 g/mol. The molecule has 8 heteroatoms. The van der Waals surface area contributed by atoms with Gasteiger partial charge in [-0.1, -0.05) is 11.6 Å². The molecule has 1 amide bonds. The van der Waals surface area contributed by atoms with E-state index < -0.39 is 0 Å². The zero-order valence-corrected chi connectivity index (χ0v) is 15.8. The SMILES string of the molecule is O=C(CCCNc1cc(N2CCCC2CO)ncn1)Nc1ccc(Cl)cc1. The molecule has 1 unspecified atom stereocenters. The van der Waals surface area contributed by atoms with Crippen LogP contribution in [-0.4, -0.2) is 46.7 Å². The van der Waals surface area contributed by atoms with E-state index in [0.29, 0.717) is 24.4 Å². The highest BCUT2D eigenvalue weighted by atomic mass is 35.5. The van der Waals surface area contributed by atoms with E-state index in [2.05, 4.69) is 25.5 Å². The Morgan fingerprint density at radius 3 is 2.89 bits per heavy atom. The fourth-order valence-electron chi connectivity index (χ4n) is 3.15. The molecule has 1 aromatic heterocycles. The van der Waals surface area contributed by atoms with Crippen LogP contribution in [0.15, 0.2) is 36.7 Å². The van der Waals surface area contributed by atoms with Gasteiger partial charge in [0.15, 0.2) is 0 Å². The van der Waals surface area contributed by atoms with Crippen molar-refractivity contribution in [3.8, 4) is 0 Å². The van der Waals surface area contributed by atoms with Crippen LogP contribution in [0.5, 0.6) is 0 Å². The maximum atomic E-state index is 12.0. The second-order valence-corrected chi connectivity index (χ2v) is 6.96. The molecule has 1 atom stereocenters. The summed E-state index contributed by atoms with van der Waals surface area (Å²) in [5, 5.41) is 16.2. The van der Waals surface area contributed by atoms with Gasteiger partial charge in [-0.25, -0.2) is 9.97 Å². The largest absolute Gasteiger partial charge is 0.394 e. The first-order chi connectivity index (χ1) is 13.2. The van der Waals surface area contributed by atoms with Crippen molar-refractivity contribution in [1.82, 2.24) is 9.97 Å². The molecule has 27 heavy (non-hydrogen) atoms. The topological polar surface area (TPSA) is 90.4 Å². The number of anilines is 3. The van der Waals surface area contributed by atoms with Gasteiger partial charge in [0.2, 0.25) is 5.91 Å². The van der Waals surface area contributed by atoms with E-state index in [1.807, 2.05) is 6.07 Å². The zero-order valence-electron chi connectivity index (χ0n) is 15.1. The summed E-state index contributed by atoms with van der Waals surface area (Å²) in [6.45, 7) is 1.66. The Kier molecular flexibility index (Phi) is 6.84. The molecule has 0 spiro atoms. The van der Waals surface area contributed by atoms with Crippen molar-refractivity contribution in [2.45, 2.75) is 31.7 Å². The normalized spacial score (nSPS) is 16.4.